The summed E-state index contributed by atoms with van der Waals surface area (Å²) in [6.07, 6.45) is 2.76. The Morgan fingerprint density at radius 2 is 1.76 bits per heavy atom. The molecule has 2 atom stereocenters. The van der Waals surface area contributed by atoms with E-state index in [-0.39, 0.29) is 12.1 Å². The van der Waals surface area contributed by atoms with E-state index in [1.165, 1.54) is 18.4 Å². The molecular weight excluding hydrogens is 260 g/mol. The van der Waals surface area contributed by atoms with Crippen LogP contribution >= 0.6 is 0 Å². The fraction of sp³-hybridized carbons (Fsp3) is 0.667. The van der Waals surface area contributed by atoms with Crippen molar-refractivity contribution in [3.63, 3.8) is 0 Å². The number of aliphatic hydroxyl groups excluding tert-OH is 1. The average molecular weight is 290 g/mol. The van der Waals surface area contributed by atoms with Crippen LogP contribution in [-0.2, 0) is 6.42 Å². The molecule has 3 heteroatoms. The molecule has 2 N–H and O–H groups in total. The maximum absolute atomic E-state index is 10.4. The van der Waals surface area contributed by atoms with Gasteiger partial charge in [0.2, 0.25) is 0 Å². The zero-order valence-electron chi connectivity index (χ0n) is 13.6. The van der Waals surface area contributed by atoms with Crippen LogP contribution in [0, 0.1) is 0 Å². The quantitative estimate of drug-likeness (QED) is 0.845. The summed E-state index contributed by atoms with van der Waals surface area (Å²) in [7, 11) is 0. The van der Waals surface area contributed by atoms with Crippen LogP contribution in [-0.4, -0.2) is 47.3 Å². The third-order valence-corrected chi connectivity index (χ3v) is 4.62. The SMILES string of the molecule is CC(C)N1CCC(N[C@@H](C)[C@@H](O)Cc2ccccc2)CC1. The van der Waals surface area contributed by atoms with Crippen LogP contribution in [0.2, 0.25) is 0 Å². The third-order valence-electron chi connectivity index (χ3n) is 4.62. The molecular formula is C18H30N2O. The molecule has 1 aromatic rings. The fourth-order valence-corrected chi connectivity index (χ4v) is 3.10. The number of nitrogens with zero attached hydrogens (tertiary/aromatic N) is 1. The van der Waals surface area contributed by atoms with Crippen molar-refractivity contribution in [2.45, 2.75) is 64.3 Å². The summed E-state index contributed by atoms with van der Waals surface area (Å²) in [6, 6.07) is 11.6. The normalized spacial score (nSPS) is 20.6. The molecule has 1 fully saturated rings. The Bertz CT molecular complexity index is 399. The van der Waals surface area contributed by atoms with Gasteiger partial charge in [0.1, 0.15) is 0 Å². The highest BCUT2D eigenvalue weighted by Crippen LogP contribution is 2.14. The summed E-state index contributed by atoms with van der Waals surface area (Å²) in [4.78, 5) is 2.53. The smallest absolute Gasteiger partial charge is 0.0730 e. The second-order valence-corrected chi connectivity index (χ2v) is 6.62. The number of piperidine rings is 1. The Morgan fingerprint density at radius 1 is 1.14 bits per heavy atom. The summed E-state index contributed by atoms with van der Waals surface area (Å²) in [5, 5.41) is 14.0. The highest BCUT2D eigenvalue weighted by Gasteiger charge is 2.24. The van der Waals surface area contributed by atoms with E-state index in [1.807, 2.05) is 18.2 Å². The van der Waals surface area contributed by atoms with Gasteiger partial charge in [-0.05, 0) is 58.7 Å². The molecule has 1 saturated heterocycles. The number of hydrogen-bond acceptors (Lipinski definition) is 3. The number of rotatable bonds is 6. The van der Waals surface area contributed by atoms with Gasteiger partial charge in [-0.15, -0.1) is 0 Å². The van der Waals surface area contributed by atoms with Gasteiger partial charge in [0.15, 0.2) is 0 Å². The van der Waals surface area contributed by atoms with Crippen LogP contribution in [0.3, 0.4) is 0 Å². The van der Waals surface area contributed by atoms with E-state index >= 15 is 0 Å². The molecule has 2 rings (SSSR count). The molecule has 0 saturated carbocycles. The Labute approximate surface area is 129 Å². The molecule has 0 radical (unpaired) electrons. The van der Waals surface area contributed by atoms with Gasteiger partial charge in [-0.1, -0.05) is 30.3 Å². The van der Waals surface area contributed by atoms with Crippen molar-refractivity contribution in [3.8, 4) is 0 Å². The largest absolute Gasteiger partial charge is 0.391 e. The Balaban J connectivity index is 1.75. The van der Waals surface area contributed by atoms with Crippen molar-refractivity contribution < 1.29 is 5.11 Å². The second kappa shape index (κ2) is 7.92. The molecule has 1 heterocycles. The van der Waals surface area contributed by atoms with Crippen molar-refractivity contribution in [1.29, 1.82) is 0 Å². The topological polar surface area (TPSA) is 35.5 Å². The lowest BCUT2D eigenvalue weighted by Gasteiger charge is -2.36. The minimum Gasteiger partial charge on any atom is -0.391 e. The van der Waals surface area contributed by atoms with Gasteiger partial charge in [-0.2, -0.15) is 0 Å². The Kier molecular flexibility index (Phi) is 6.22. The Morgan fingerprint density at radius 3 is 2.33 bits per heavy atom. The van der Waals surface area contributed by atoms with Gasteiger partial charge in [-0.25, -0.2) is 0 Å². The van der Waals surface area contributed by atoms with Gasteiger partial charge in [0.05, 0.1) is 6.10 Å². The first-order chi connectivity index (χ1) is 10.1. The predicted octanol–water partition coefficient (Wildman–Crippen LogP) is 2.44. The van der Waals surface area contributed by atoms with Crippen molar-refractivity contribution in [2.75, 3.05) is 13.1 Å². The van der Waals surface area contributed by atoms with Crippen molar-refractivity contribution in [1.82, 2.24) is 10.2 Å². The van der Waals surface area contributed by atoms with Crippen LogP contribution < -0.4 is 5.32 Å². The number of hydrogen-bond donors (Lipinski definition) is 2. The molecule has 0 unspecified atom stereocenters. The van der Waals surface area contributed by atoms with Crippen LogP contribution in [0.1, 0.15) is 39.2 Å². The lowest BCUT2D eigenvalue weighted by molar-refractivity contribution is 0.108. The molecule has 1 aliphatic heterocycles. The van der Waals surface area contributed by atoms with E-state index in [4.69, 9.17) is 0 Å². The lowest BCUT2D eigenvalue weighted by atomic mass is 9.99. The van der Waals surface area contributed by atoms with Gasteiger partial charge < -0.3 is 15.3 Å². The minimum atomic E-state index is -0.324. The second-order valence-electron chi connectivity index (χ2n) is 6.62. The first-order valence-corrected chi connectivity index (χ1v) is 8.28. The molecule has 0 bridgehead atoms. The lowest BCUT2D eigenvalue weighted by Crippen LogP contribution is -2.50. The highest BCUT2D eigenvalue weighted by atomic mass is 16.3. The summed E-state index contributed by atoms with van der Waals surface area (Å²) in [6.45, 7) is 8.95. The third kappa shape index (κ3) is 5.10. The summed E-state index contributed by atoms with van der Waals surface area (Å²) in [5.74, 6) is 0. The van der Waals surface area contributed by atoms with E-state index in [0.29, 0.717) is 12.1 Å². The van der Waals surface area contributed by atoms with Gasteiger partial charge in [0.25, 0.3) is 0 Å². The van der Waals surface area contributed by atoms with E-state index in [9.17, 15) is 5.11 Å². The zero-order chi connectivity index (χ0) is 15.2. The monoisotopic (exact) mass is 290 g/mol. The van der Waals surface area contributed by atoms with Crippen LogP contribution in [0.4, 0.5) is 0 Å². The van der Waals surface area contributed by atoms with E-state index < -0.39 is 0 Å². The average Bonchev–Trinajstić information content (AvgIpc) is 2.48. The molecule has 0 amide bonds. The highest BCUT2D eigenvalue weighted by molar-refractivity contribution is 5.15. The predicted molar refractivity (Wildman–Crippen MR) is 88.5 cm³/mol. The maximum atomic E-state index is 10.4. The standard InChI is InChI=1S/C18H30N2O/c1-14(2)20-11-9-17(10-12-20)19-15(3)18(21)13-16-7-5-4-6-8-16/h4-8,14-15,17-19,21H,9-13H2,1-3H3/t15-,18-/m0/s1. The molecule has 0 aliphatic carbocycles. The van der Waals surface area contributed by atoms with Gasteiger partial charge >= 0.3 is 0 Å². The number of nitrogens with one attached hydrogen (secondary N) is 1. The van der Waals surface area contributed by atoms with Crippen LogP contribution in [0.5, 0.6) is 0 Å². The molecule has 1 aliphatic rings. The molecule has 0 aromatic heterocycles. The van der Waals surface area contributed by atoms with Crippen LogP contribution in [0.15, 0.2) is 30.3 Å². The summed E-state index contributed by atoms with van der Waals surface area (Å²) < 4.78 is 0. The van der Waals surface area contributed by atoms with Gasteiger partial charge in [0, 0.05) is 18.1 Å². The van der Waals surface area contributed by atoms with E-state index in [1.54, 1.807) is 0 Å². The van der Waals surface area contributed by atoms with E-state index in [0.717, 1.165) is 19.5 Å². The van der Waals surface area contributed by atoms with E-state index in [2.05, 4.69) is 43.1 Å². The maximum Gasteiger partial charge on any atom is 0.0730 e. The molecule has 3 nitrogen and oxygen atoms in total. The summed E-state index contributed by atoms with van der Waals surface area (Å²) >= 11 is 0. The molecule has 118 valence electrons. The van der Waals surface area contributed by atoms with Gasteiger partial charge in [-0.3, -0.25) is 0 Å². The first-order valence-electron chi connectivity index (χ1n) is 8.28. The Hall–Kier alpha value is -0.900. The number of likely N-dealkylation sites (tertiary alicyclic amines) is 1. The molecule has 1 aromatic carbocycles. The fourth-order valence-electron chi connectivity index (χ4n) is 3.10. The van der Waals surface area contributed by atoms with Crippen LogP contribution in [0.25, 0.3) is 0 Å². The van der Waals surface area contributed by atoms with Crippen molar-refractivity contribution in [2.24, 2.45) is 0 Å². The summed E-state index contributed by atoms with van der Waals surface area (Å²) in [5.41, 5.74) is 1.20. The number of aliphatic hydroxyl groups is 1. The first kappa shape index (κ1) is 16.5. The van der Waals surface area contributed by atoms with Crippen molar-refractivity contribution in [3.05, 3.63) is 35.9 Å². The zero-order valence-corrected chi connectivity index (χ0v) is 13.6. The number of benzene rings is 1. The molecule has 21 heavy (non-hydrogen) atoms. The molecule has 0 spiro atoms. The van der Waals surface area contributed by atoms with Crippen molar-refractivity contribution >= 4 is 0 Å². The minimum absolute atomic E-state index is 0.140.